The van der Waals surface area contributed by atoms with E-state index in [1.54, 1.807) is 25.1 Å². The van der Waals surface area contributed by atoms with Gasteiger partial charge >= 0.3 is 5.97 Å². The minimum Gasteiger partial charge on any atom is -0.462 e. The first-order valence-electron chi connectivity index (χ1n) is 8.62. The quantitative estimate of drug-likeness (QED) is 0.430. The predicted octanol–water partition coefficient (Wildman–Crippen LogP) is 2.68. The molecular formula is C18H23N3O4S. The van der Waals surface area contributed by atoms with Crippen molar-refractivity contribution >= 4 is 21.7 Å². The van der Waals surface area contributed by atoms with Gasteiger partial charge in [0, 0.05) is 17.9 Å². The van der Waals surface area contributed by atoms with Crippen molar-refractivity contribution in [3.05, 3.63) is 36.0 Å². The maximum absolute atomic E-state index is 12.4. The zero-order valence-corrected chi connectivity index (χ0v) is 15.5. The van der Waals surface area contributed by atoms with Crippen LogP contribution in [0.4, 0.5) is 5.69 Å². The number of carbonyl (C=O) groups excluding carboxylic acids is 1. The summed E-state index contributed by atoms with van der Waals surface area (Å²) >= 11 is 0. The van der Waals surface area contributed by atoms with Gasteiger partial charge in [-0.15, -0.1) is 0 Å². The molecule has 0 heterocycles. The van der Waals surface area contributed by atoms with Crippen LogP contribution in [-0.2, 0) is 19.6 Å². The van der Waals surface area contributed by atoms with Crippen molar-refractivity contribution in [2.45, 2.75) is 50.0 Å². The summed E-state index contributed by atoms with van der Waals surface area (Å²) in [4.78, 5) is 11.7. The third-order valence-electron chi connectivity index (χ3n) is 4.09. The molecule has 0 bridgehead atoms. The molecule has 1 aromatic rings. The molecule has 1 aromatic carbocycles. The van der Waals surface area contributed by atoms with E-state index in [0.717, 1.165) is 32.1 Å². The Morgan fingerprint density at radius 3 is 2.50 bits per heavy atom. The van der Waals surface area contributed by atoms with Crippen LogP contribution in [-0.4, -0.2) is 27.0 Å². The number of carbonyl (C=O) groups is 1. The first-order chi connectivity index (χ1) is 12.5. The van der Waals surface area contributed by atoms with Crippen molar-refractivity contribution in [2.75, 3.05) is 11.9 Å². The van der Waals surface area contributed by atoms with Crippen LogP contribution in [0.2, 0.25) is 0 Å². The summed E-state index contributed by atoms with van der Waals surface area (Å²) in [6.07, 6.45) is 6.22. The second kappa shape index (κ2) is 9.36. The van der Waals surface area contributed by atoms with Gasteiger partial charge in [0.25, 0.3) is 0 Å². The number of esters is 1. The smallest absolute Gasteiger partial charge is 0.350 e. The number of nitriles is 1. The Hall–Kier alpha value is -2.37. The minimum atomic E-state index is -3.55. The number of hydrogen-bond acceptors (Lipinski definition) is 6. The first kappa shape index (κ1) is 19.9. The number of ether oxygens (including phenoxy) is 1. The highest BCUT2D eigenvalue weighted by Crippen LogP contribution is 2.21. The molecule has 0 radical (unpaired) electrons. The molecule has 1 saturated carbocycles. The maximum Gasteiger partial charge on any atom is 0.350 e. The maximum atomic E-state index is 12.4. The summed E-state index contributed by atoms with van der Waals surface area (Å²) in [5.74, 6) is -0.710. The van der Waals surface area contributed by atoms with E-state index >= 15 is 0 Å². The number of nitrogens with one attached hydrogen (secondary N) is 2. The van der Waals surface area contributed by atoms with Crippen molar-refractivity contribution in [2.24, 2.45) is 0 Å². The van der Waals surface area contributed by atoms with E-state index in [4.69, 9.17) is 10.00 Å². The molecule has 140 valence electrons. The topological polar surface area (TPSA) is 108 Å². The molecule has 7 nitrogen and oxygen atoms in total. The third kappa shape index (κ3) is 5.58. The molecule has 0 amide bonds. The SMILES string of the molecule is CCOC(=O)/C(C#N)=C\Nc1ccc(S(=O)(=O)NC2CCCCC2)cc1. The monoisotopic (exact) mass is 377 g/mol. The average Bonchev–Trinajstić information content (AvgIpc) is 2.63. The highest BCUT2D eigenvalue weighted by molar-refractivity contribution is 7.89. The van der Waals surface area contributed by atoms with Crippen molar-refractivity contribution in [1.82, 2.24) is 4.72 Å². The number of anilines is 1. The lowest BCUT2D eigenvalue weighted by Gasteiger charge is -2.22. The Labute approximate surface area is 154 Å². The molecule has 8 heteroatoms. The van der Waals surface area contributed by atoms with E-state index in [9.17, 15) is 13.2 Å². The van der Waals surface area contributed by atoms with Crippen LogP contribution in [0.1, 0.15) is 39.0 Å². The van der Waals surface area contributed by atoms with E-state index in [1.165, 1.54) is 18.3 Å². The number of nitrogens with zero attached hydrogens (tertiary/aromatic N) is 1. The van der Waals surface area contributed by atoms with Crippen LogP contribution in [0.5, 0.6) is 0 Å². The van der Waals surface area contributed by atoms with Crippen molar-refractivity contribution in [3.63, 3.8) is 0 Å². The fourth-order valence-electron chi connectivity index (χ4n) is 2.74. The van der Waals surface area contributed by atoms with E-state index < -0.39 is 16.0 Å². The fraction of sp³-hybridized carbons (Fsp3) is 0.444. The molecule has 2 N–H and O–H groups in total. The fourth-order valence-corrected chi connectivity index (χ4v) is 4.04. The first-order valence-corrected chi connectivity index (χ1v) is 10.1. The van der Waals surface area contributed by atoms with Crippen LogP contribution in [0, 0.1) is 11.3 Å². The van der Waals surface area contributed by atoms with Gasteiger partial charge in [0.05, 0.1) is 11.5 Å². The van der Waals surface area contributed by atoms with E-state index in [1.807, 2.05) is 0 Å². The molecule has 0 saturated heterocycles. The minimum absolute atomic E-state index is 0.00255. The third-order valence-corrected chi connectivity index (χ3v) is 5.63. The molecule has 0 spiro atoms. The molecule has 26 heavy (non-hydrogen) atoms. The van der Waals surface area contributed by atoms with Crippen molar-refractivity contribution in [3.8, 4) is 6.07 Å². The van der Waals surface area contributed by atoms with Gasteiger partial charge in [-0.2, -0.15) is 5.26 Å². The molecule has 0 atom stereocenters. The van der Waals surface area contributed by atoms with Crippen LogP contribution in [0.15, 0.2) is 40.9 Å². The summed E-state index contributed by atoms with van der Waals surface area (Å²) in [6.45, 7) is 1.83. The molecule has 0 aromatic heterocycles. The largest absolute Gasteiger partial charge is 0.462 e. The van der Waals surface area contributed by atoms with E-state index in [2.05, 4.69) is 10.0 Å². The van der Waals surface area contributed by atoms with Gasteiger partial charge in [0.15, 0.2) is 5.57 Å². The summed E-state index contributed by atoms with van der Waals surface area (Å²) in [5.41, 5.74) is 0.390. The Balaban J connectivity index is 2.03. The summed E-state index contributed by atoms with van der Waals surface area (Å²) < 4.78 is 32.4. The summed E-state index contributed by atoms with van der Waals surface area (Å²) in [7, 11) is -3.55. The number of hydrogen-bond donors (Lipinski definition) is 2. The second-order valence-electron chi connectivity index (χ2n) is 6.02. The Morgan fingerprint density at radius 2 is 1.92 bits per heavy atom. The Morgan fingerprint density at radius 1 is 1.27 bits per heavy atom. The Kier molecular flexibility index (Phi) is 7.18. The van der Waals surface area contributed by atoms with Gasteiger partial charge in [-0.3, -0.25) is 0 Å². The van der Waals surface area contributed by atoms with Crippen LogP contribution in [0.3, 0.4) is 0 Å². The van der Waals surface area contributed by atoms with Gasteiger partial charge in [-0.1, -0.05) is 19.3 Å². The molecule has 1 fully saturated rings. The molecular weight excluding hydrogens is 354 g/mol. The molecule has 1 aliphatic carbocycles. The number of benzene rings is 1. The van der Waals surface area contributed by atoms with Gasteiger partial charge in [-0.25, -0.2) is 17.9 Å². The molecule has 1 aliphatic rings. The van der Waals surface area contributed by atoms with Crippen LogP contribution in [0.25, 0.3) is 0 Å². The standard InChI is InChI=1S/C18H23N3O4S/c1-2-25-18(22)14(12-19)13-20-15-8-10-17(11-9-15)26(23,24)21-16-6-4-3-5-7-16/h8-11,13,16,20-21H,2-7H2,1H3/b14-13-. The van der Waals surface area contributed by atoms with Gasteiger partial charge in [0.2, 0.25) is 10.0 Å². The average molecular weight is 377 g/mol. The Bertz CT molecular complexity index is 789. The van der Waals surface area contributed by atoms with E-state index in [-0.39, 0.29) is 23.1 Å². The van der Waals surface area contributed by atoms with Crippen molar-refractivity contribution < 1.29 is 17.9 Å². The summed E-state index contributed by atoms with van der Waals surface area (Å²) in [5, 5.41) is 11.8. The van der Waals surface area contributed by atoms with Gasteiger partial charge in [-0.05, 0) is 44.0 Å². The lowest BCUT2D eigenvalue weighted by atomic mass is 9.96. The zero-order chi connectivity index (χ0) is 19.0. The molecule has 2 rings (SSSR count). The highest BCUT2D eigenvalue weighted by Gasteiger charge is 2.21. The van der Waals surface area contributed by atoms with Crippen molar-refractivity contribution in [1.29, 1.82) is 5.26 Å². The highest BCUT2D eigenvalue weighted by atomic mass is 32.2. The number of rotatable bonds is 7. The lowest BCUT2D eigenvalue weighted by molar-refractivity contribution is -0.138. The summed E-state index contributed by atoms with van der Waals surface area (Å²) in [6, 6.07) is 7.87. The van der Waals surface area contributed by atoms with E-state index in [0.29, 0.717) is 5.69 Å². The van der Waals surface area contributed by atoms with Crippen LogP contribution < -0.4 is 10.0 Å². The van der Waals surface area contributed by atoms with Gasteiger partial charge < -0.3 is 10.1 Å². The van der Waals surface area contributed by atoms with Gasteiger partial charge in [0.1, 0.15) is 6.07 Å². The molecule has 0 aliphatic heterocycles. The lowest BCUT2D eigenvalue weighted by Crippen LogP contribution is -2.36. The number of sulfonamides is 1. The molecule has 0 unspecified atom stereocenters. The predicted molar refractivity (Wildman–Crippen MR) is 97.6 cm³/mol. The van der Waals surface area contributed by atoms with Crippen LogP contribution >= 0.6 is 0 Å². The normalized spacial score (nSPS) is 15.9. The second-order valence-corrected chi connectivity index (χ2v) is 7.73. The zero-order valence-electron chi connectivity index (χ0n) is 14.7.